The molecule has 0 atom stereocenters. The summed E-state index contributed by atoms with van der Waals surface area (Å²) in [6, 6.07) is 5.95. The number of rotatable bonds is 3. The lowest BCUT2D eigenvalue weighted by atomic mass is 10.00. The van der Waals surface area contributed by atoms with Gasteiger partial charge in [-0.2, -0.15) is 5.10 Å². The van der Waals surface area contributed by atoms with Crippen LogP contribution in [0.25, 0.3) is 11.1 Å². The minimum Gasteiger partial charge on any atom is -0.497 e. The van der Waals surface area contributed by atoms with Crippen LogP contribution >= 0.6 is 0 Å². The van der Waals surface area contributed by atoms with Gasteiger partial charge in [0.15, 0.2) is 0 Å². The Morgan fingerprint density at radius 2 is 2.12 bits per heavy atom. The van der Waals surface area contributed by atoms with E-state index in [1.807, 2.05) is 43.0 Å². The monoisotopic (exact) mass is 231 g/mol. The minimum atomic E-state index is 0.487. The van der Waals surface area contributed by atoms with Crippen molar-refractivity contribution >= 4 is 0 Å². The first kappa shape index (κ1) is 11.7. The van der Waals surface area contributed by atoms with Gasteiger partial charge in [0.2, 0.25) is 0 Å². The summed E-state index contributed by atoms with van der Waals surface area (Å²) in [6.07, 6.45) is 1.87. The fourth-order valence-electron chi connectivity index (χ4n) is 1.89. The number of aryl methyl sites for hydroxylation is 1. The number of benzene rings is 1. The molecule has 17 heavy (non-hydrogen) atoms. The number of ether oxygens (including phenoxy) is 1. The fraction of sp³-hybridized carbons (Fsp3) is 0.308. The van der Waals surface area contributed by atoms with Crippen LogP contribution in [0.5, 0.6) is 5.75 Å². The number of hydrogen-bond donors (Lipinski definition) is 1. The third-order valence-corrected chi connectivity index (χ3v) is 3.06. The summed E-state index contributed by atoms with van der Waals surface area (Å²) in [4.78, 5) is 0. The van der Waals surface area contributed by atoms with Crippen molar-refractivity contribution < 1.29 is 4.74 Å². The van der Waals surface area contributed by atoms with E-state index in [-0.39, 0.29) is 0 Å². The Balaban J connectivity index is 2.55. The highest BCUT2D eigenvalue weighted by molar-refractivity contribution is 5.69. The van der Waals surface area contributed by atoms with Crippen LogP contribution in [0, 0.1) is 6.92 Å². The van der Waals surface area contributed by atoms with E-state index >= 15 is 0 Å². The standard InChI is InChI=1S/C13H17N3O/c1-9-13(8-15-16(9)2)12-5-4-11(17-3)6-10(12)7-14/h4-6,8H,7,14H2,1-3H3. The predicted molar refractivity (Wildman–Crippen MR) is 67.8 cm³/mol. The highest BCUT2D eigenvalue weighted by Gasteiger charge is 2.10. The number of aromatic nitrogens is 2. The average Bonchev–Trinajstić information content (AvgIpc) is 2.69. The lowest BCUT2D eigenvalue weighted by Gasteiger charge is -2.09. The molecular weight excluding hydrogens is 214 g/mol. The predicted octanol–water partition coefficient (Wildman–Crippen LogP) is 1.86. The topological polar surface area (TPSA) is 53.1 Å². The van der Waals surface area contributed by atoms with Crippen molar-refractivity contribution in [3.8, 4) is 16.9 Å². The highest BCUT2D eigenvalue weighted by atomic mass is 16.5. The van der Waals surface area contributed by atoms with Crippen LogP contribution in [0.4, 0.5) is 0 Å². The summed E-state index contributed by atoms with van der Waals surface area (Å²) in [7, 11) is 3.59. The highest BCUT2D eigenvalue weighted by Crippen LogP contribution is 2.29. The molecule has 0 saturated carbocycles. The number of nitrogens with two attached hydrogens (primary N) is 1. The van der Waals surface area contributed by atoms with Gasteiger partial charge in [0.05, 0.1) is 13.3 Å². The van der Waals surface area contributed by atoms with Crippen LogP contribution in [0.3, 0.4) is 0 Å². The molecule has 0 radical (unpaired) electrons. The Labute approximate surface area is 101 Å². The van der Waals surface area contributed by atoms with Gasteiger partial charge in [-0.3, -0.25) is 4.68 Å². The molecule has 1 heterocycles. The Morgan fingerprint density at radius 1 is 1.35 bits per heavy atom. The summed E-state index contributed by atoms with van der Waals surface area (Å²) in [6.45, 7) is 2.54. The summed E-state index contributed by atoms with van der Waals surface area (Å²) in [5, 5.41) is 4.26. The van der Waals surface area contributed by atoms with Crippen LogP contribution in [-0.2, 0) is 13.6 Å². The maximum absolute atomic E-state index is 5.79. The first-order chi connectivity index (χ1) is 8.17. The van der Waals surface area contributed by atoms with Gasteiger partial charge in [-0.1, -0.05) is 6.07 Å². The molecule has 0 unspecified atom stereocenters. The number of nitrogens with zero attached hydrogens (tertiary/aromatic N) is 2. The summed E-state index contributed by atoms with van der Waals surface area (Å²) in [5.74, 6) is 0.829. The van der Waals surface area contributed by atoms with E-state index in [1.54, 1.807) is 7.11 Å². The Hall–Kier alpha value is -1.81. The molecule has 1 aromatic heterocycles. The van der Waals surface area contributed by atoms with Crippen molar-refractivity contribution in [3.05, 3.63) is 35.7 Å². The van der Waals surface area contributed by atoms with E-state index in [1.165, 1.54) is 0 Å². The van der Waals surface area contributed by atoms with Gasteiger partial charge in [-0.25, -0.2) is 0 Å². The zero-order chi connectivity index (χ0) is 12.4. The molecule has 4 nitrogen and oxygen atoms in total. The molecule has 0 aliphatic rings. The molecule has 0 amide bonds. The zero-order valence-corrected chi connectivity index (χ0v) is 10.4. The molecule has 0 saturated heterocycles. The molecule has 0 aliphatic carbocycles. The molecule has 1 aromatic carbocycles. The molecule has 0 bridgehead atoms. The second-order valence-electron chi connectivity index (χ2n) is 3.99. The molecular formula is C13H17N3O. The molecule has 0 fully saturated rings. The third kappa shape index (κ3) is 2.03. The lowest BCUT2D eigenvalue weighted by molar-refractivity contribution is 0.414. The fourth-order valence-corrected chi connectivity index (χ4v) is 1.89. The van der Waals surface area contributed by atoms with Gasteiger partial charge in [0, 0.05) is 24.8 Å². The molecule has 0 aliphatic heterocycles. The van der Waals surface area contributed by atoms with E-state index in [2.05, 4.69) is 5.10 Å². The van der Waals surface area contributed by atoms with Gasteiger partial charge >= 0.3 is 0 Å². The van der Waals surface area contributed by atoms with Crippen LogP contribution in [0.15, 0.2) is 24.4 Å². The normalized spacial score (nSPS) is 10.6. The van der Waals surface area contributed by atoms with Gasteiger partial charge in [-0.15, -0.1) is 0 Å². The molecule has 90 valence electrons. The smallest absolute Gasteiger partial charge is 0.119 e. The summed E-state index contributed by atoms with van der Waals surface area (Å²) in [5.41, 5.74) is 10.2. The van der Waals surface area contributed by atoms with E-state index in [0.29, 0.717) is 6.54 Å². The van der Waals surface area contributed by atoms with Crippen molar-refractivity contribution in [3.63, 3.8) is 0 Å². The molecule has 4 heteroatoms. The Kier molecular flexibility index (Phi) is 3.15. The summed E-state index contributed by atoms with van der Waals surface area (Å²) >= 11 is 0. The van der Waals surface area contributed by atoms with Crippen LogP contribution in [-0.4, -0.2) is 16.9 Å². The quantitative estimate of drug-likeness (QED) is 0.877. The van der Waals surface area contributed by atoms with Crippen LogP contribution in [0.1, 0.15) is 11.3 Å². The van der Waals surface area contributed by atoms with Crippen LogP contribution < -0.4 is 10.5 Å². The number of hydrogen-bond acceptors (Lipinski definition) is 3. The van der Waals surface area contributed by atoms with E-state index in [0.717, 1.165) is 28.1 Å². The second kappa shape index (κ2) is 4.59. The maximum atomic E-state index is 5.79. The SMILES string of the molecule is COc1ccc(-c2cnn(C)c2C)c(CN)c1. The van der Waals surface area contributed by atoms with Crippen molar-refractivity contribution in [2.24, 2.45) is 12.8 Å². The molecule has 0 spiro atoms. The second-order valence-corrected chi connectivity index (χ2v) is 3.99. The first-order valence-electron chi connectivity index (χ1n) is 5.53. The molecule has 2 rings (SSSR count). The largest absolute Gasteiger partial charge is 0.497 e. The van der Waals surface area contributed by atoms with E-state index < -0.39 is 0 Å². The molecule has 2 aromatic rings. The van der Waals surface area contributed by atoms with Gasteiger partial charge in [-0.05, 0) is 30.2 Å². The van der Waals surface area contributed by atoms with Crippen molar-refractivity contribution in [1.82, 2.24) is 9.78 Å². The van der Waals surface area contributed by atoms with Gasteiger partial charge in [0.25, 0.3) is 0 Å². The third-order valence-electron chi connectivity index (χ3n) is 3.06. The summed E-state index contributed by atoms with van der Waals surface area (Å²) < 4.78 is 7.07. The van der Waals surface area contributed by atoms with Crippen molar-refractivity contribution in [2.75, 3.05) is 7.11 Å². The minimum absolute atomic E-state index is 0.487. The van der Waals surface area contributed by atoms with Gasteiger partial charge < -0.3 is 10.5 Å². The maximum Gasteiger partial charge on any atom is 0.119 e. The average molecular weight is 231 g/mol. The lowest BCUT2D eigenvalue weighted by Crippen LogP contribution is -2.00. The zero-order valence-electron chi connectivity index (χ0n) is 10.4. The van der Waals surface area contributed by atoms with E-state index in [4.69, 9.17) is 10.5 Å². The van der Waals surface area contributed by atoms with E-state index in [9.17, 15) is 0 Å². The van der Waals surface area contributed by atoms with Crippen LogP contribution in [0.2, 0.25) is 0 Å². The van der Waals surface area contributed by atoms with Crippen molar-refractivity contribution in [2.45, 2.75) is 13.5 Å². The Morgan fingerprint density at radius 3 is 2.65 bits per heavy atom. The van der Waals surface area contributed by atoms with Crippen molar-refractivity contribution in [1.29, 1.82) is 0 Å². The number of methoxy groups -OCH3 is 1. The molecule has 2 N–H and O–H groups in total. The Bertz CT molecular complexity index is 531. The first-order valence-corrected chi connectivity index (χ1v) is 5.53. The van der Waals surface area contributed by atoms with Gasteiger partial charge in [0.1, 0.15) is 5.75 Å².